The van der Waals surface area contributed by atoms with E-state index in [-0.39, 0.29) is 19.0 Å². The zero-order chi connectivity index (χ0) is 17.3. The van der Waals surface area contributed by atoms with Crippen molar-refractivity contribution in [2.45, 2.75) is 17.7 Å². The van der Waals surface area contributed by atoms with Gasteiger partial charge in [-0.3, -0.25) is 9.48 Å². The molecule has 1 aliphatic rings. The van der Waals surface area contributed by atoms with Gasteiger partial charge in [-0.1, -0.05) is 17.7 Å². The van der Waals surface area contributed by atoms with E-state index in [1.165, 1.54) is 21.8 Å². The molecule has 0 saturated carbocycles. The van der Waals surface area contributed by atoms with Gasteiger partial charge in [0.1, 0.15) is 9.90 Å². The highest BCUT2D eigenvalue weighted by atomic mass is 35.5. The van der Waals surface area contributed by atoms with E-state index in [1.54, 1.807) is 27.1 Å². The van der Waals surface area contributed by atoms with Crippen molar-refractivity contribution in [1.29, 1.82) is 0 Å². The Morgan fingerprint density at radius 1 is 1.33 bits per heavy atom. The van der Waals surface area contributed by atoms with Crippen molar-refractivity contribution >= 4 is 38.9 Å². The number of hydrogen-bond donors (Lipinski definition) is 0. The summed E-state index contributed by atoms with van der Waals surface area (Å²) in [6.45, 7) is 3.61. The molecule has 0 spiro atoms. The van der Waals surface area contributed by atoms with E-state index in [4.69, 9.17) is 11.6 Å². The lowest BCUT2D eigenvalue weighted by Crippen LogP contribution is -2.50. The monoisotopic (exact) mass is 388 g/mol. The highest BCUT2D eigenvalue weighted by Crippen LogP contribution is 2.23. The Morgan fingerprint density at radius 3 is 2.62 bits per heavy atom. The standard InChI is InChI=1S/C14H17ClN4O3S2/c1-2-19-13(11(15)10-16-19)14(20)17-5-7-18(8-6-17)24(21,22)12-4-3-9-23-12/h3-4,9-10H,2,5-8H2,1H3. The predicted molar refractivity (Wildman–Crippen MR) is 91.9 cm³/mol. The van der Waals surface area contributed by atoms with Gasteiger partial charge in [-0.2, -0.15) is 9.40 Å². The van der Waals surface area contributed by atoms with Gasteiger partial charge in [0.25, 0.3) is 15.9 Å². The number of sulfonamides is 1. The highest BCUT2D eigenvalue weighted by molar-refractivity contribution is 7.91. The average molecular weight is 389 g/mol. The van der Waals surface area contributed by atoms with Crippen LogP contribution in [-0.4, -0.2) is 59.5 Å². The van der Waals surface area contributed by atoms with Crippen LogP contribution in [0.3, 0.4) is 0 Å². The Hall–Kier alpha value is -1.42. The SMILES string of the molecule is CCn1ncc(Cl)c1C(=O)N1CCN(S(=O)(=O)c2cccs2)CC1. The van der Waals surface area contributed by atoms with Crippen LogP contribution in [0.2, 0.25) is 5.02 Å². The molecule has 1 fully saturated rings. The quantitative estimate of drug-likeness (QED) is 0.799. The van der Waals surface area contributed by atoms with Gasteiger partial charge in [0, 0.05) is 32.7 Å². The summed E-state index contributed by atoms with van der Waals surface area (Å²) in [6, 6.07) is 3.31. The number of carbonyl (C=O) groups is 1. The minimum atomic E-state index is -3.47. The number of nitrogens with zero attached hydrogens (tertiary/aromatic N) is 4. The molecule has 130 valence electrons. The van der Waals surface area contributed by atoms with Crippen molar-refractivity contribution in [3.8, 4) is 0 Å². The second-order valence-corrected chi connectivity index (χ2v) is 8.80. The van der Waals surface area contributed by atoms with Gasteiger partial charge in [-0.05, 0) is 18.4 Å². The maximum atomic E-state index is 12.7. The predicted octanol–water partition coefficient (Wildman–Crippen LogP) is 1.76. The van der Waals surface area contributed by atoms with Crippen LogP contribution in [0.4, 0.5) is 0 Å². The first kappa shape index (κ1) is 17.4. The number of amides is 1. The Bertz CT molecular complexity index is 824. The molecule has 2 aromatic rings. The van der Waals surface area contributed by atoms with E-state index < -0.39 is 10.0 Å². The van der Waals surface area contributed by atoms with Gasteiger partial charge in [0.05, 0.1) is 11.2 Å². The van der Waals surface area contributed by atoms with Crippen molar-refractivity contribution in [2.75, 3.05) is 26.2 Å². The molecular formula is C14H17ClN4O3S2. The molecule has 1 aliphatic heterocycles. The fourth-order valence-corrected chi connectivity index (χ4v) is 5.42. The van der Waals surface area contributed by atoms with Crippen molar-refractivity contribution in [3.63, 3.8) is 0 Å². The first-order valence-corrected chi connectivity index (χ1v) is 10.2. The summed E-state index contributed by atoms with van der Waals surface area (Å²) in [5.74, 6) is -0.215. The van der Waals surface area contributed by atoms with Gasteiger partial charge in [0.15, 0.2) is 0 Å². The molecule has 1 saturated heterocycles. The third kappa shape index (κ3) is 3.08. The number of piperazine rings is 1. The number of halogens is 1. The lowest BCUT2D eigenvalue weighted by molar-refractivity contribution is 0.0685. The van der Waals surface area contributed by atoms with E-state index in [1.807, 2.05) is 6.92 Å². The lowest BCUT2D eigenvalue weighted by atomic mass is 10.3. The maximum Gasteiger partial charge on any atom is 0.273 e. The van der Waals surface area contributed by atoms with E-state index in [0.29, 0.717) is 34.6 Å². The summed E-state index contributed by atoms with van der Waals surface area (Å²) < 4.78 is 28.3. The first-order valence-electron chi connectivity index (χ1n) is 7.49. The smallest absolute Gasteiger partial charge is 0.273 e. The Morgan fingerprint density at radius 2 is 2.04 bits per heavy atom. The van der Waals surface area contributed by atoms with Crippen LogP contribution >= 0.6 is 22.9 Å². The van der Waals surface area contributed by atoms with Crippen LogP contribution in [0.5, 0.6) is 0 Å². The van der Waals surface area contributed by atoms with Crippen molar-refractivity contribution in [2.24, 2.45) is 0 Å². The van der Waals surface area contributed by atoms with Gasteiger partial charge in [-0.25, -0.2) is 8.42 Å². The molecule has 2 aromatic heterocycles. The van der Waals surface area contributed by atoms with Crippen molar-refractivity contribution < 1.29 is 13.2 Å². The Balaban J connectivity index is 1.71. The molecule has 7 nitrogen and oxygen atoms in total. The second kappa shape index (κ2) is 6.83. The van der Waals surface area contributed by atoms with Crippen LogP contribution in [0.1, 0.15) is 17.4 Å². The summed E-state index contributed by atoms with van der Waals surface area (Å²) in [7, 11) is -3.47. The molecule has 3 rings (SSSR count). The van der Waals surface area contributed by atoms with Crippen LogP contribution in [-0.2, 0) is 16.6 Å². The zero-order valence-electron chi connectivity index (χ0n) is 13.1. The molecular weight excluding hydrogens is 372 g/mol. The molecule has 1 amide bonds. The summed E-state index contributed by atoms with van der Waals surface area (Å²) in [5, 5.41) is 6.12. The molecule has 0 bridgehead atoms. The molecule has 10 heteroatoms. The van der Waals surface area contributed by atoms with Gasteiger partial charge < -0.3 is 4.90 Å². The average Bonchev–Trinajstić information content (AvgIpc) is 3.24. The van der Waals surface area contributed by atoms with Crippen LogP contribution < -0.4 is 0 Å². The number of carbonyl (C=O) groups excluding carboxylic acids is 1. The van der Waals surface area contributed by atoms with E-state index in [9.17, 15) is 13.2 Å². The first-order chi connectivity index (χ1) is 11.4. The van der Waals surface area contributed by atoms with Crippen molar-refractivity contribution in [3.05, 3.63) is 34.4 Å². The minimum Gasteiger partial charge on any atom is -0.335 e. The largest absolute Gasteiger partial charge is 0.335 e. The number of thiophene rings is 1. The molecule has 0 atom stereocenters. The van der Waals surface area contributed by atoms with E-state index in [0.717, 1.165) is 0 Å². The van der Waals surface area contributed by atoms with Crippen molar-refractivity contribution in [1.82, 2.24) is 19.0 Å². The fourth-order valence-electron chi connectivity index (χ4n) is 2.63. The molecule has 0 N–H and O–H groups in total. The Kier molecular flexibility index (Phi) is 4.95. The summed E-state index contributed by atoms with van der Waals surface area (Å²) in [4.78, 5) is 14.3. The lowest BCUT2D eigenvalue weighted by Gasteiger charge is -2.33. The third-order valence-corrected chi connectivity index (χ3v) is 7.46. The summed E-state index contributed by atoms with van der Waals surface area (Å²) in [5.41, 5.74) is 0.355. The third-order valence-electron chi connectivity index (χ3n) is 3.91. The molecule has 0 unspecified atom stereocenters. The van der Waals surface area contributed by atoms with Gasteiger partial charge >= 0.3 is 0 Å². The molecule has 3 heterocycles. The molecule has 0 aliphatic carbocycles. The number of aryl methyl sites for hydroxylation is 1. The number of hydrogen-bond acceptors (Lipinski definition) is 5. The van der Waals surface area contributed by atoms with E-state index >= 15 is 0 Å². The Labute approximate surface area is 149 Å². The van der Waals surface area contributed by atoms with Gasteiger partial charge in [0.2, 0.25) is 0 Å². The van der Waals surface area contributed by atoms with Crippen LogP contribution in [0.25, 0.3) is 0 Å². The van der Waals surface area contributed by atoms with Gasteiger partial charge in [-0.15, -0.1) is 11.3 Å². The molecule has 0 radical (unpaired) electrons. The summed E-state index contributed by atoms with van der Waals surface area (Å²) in [6.07, 6.45) is 1.45. The molecule has 24 heavy (non-hydrogen) atoms. The fraction of sp³-hybridized carbons (Fsp3) is 0.429. The van der Waals surface area contributed by atoms with Crippen LogP contribution in [0.15, 0.2) is 27.9 Å². The number of rotatable bonds is 4. The van der Waals surface area contributed by atoms with Crippen LogP contribution in [0, 0.1) is 0 Å². The zero-order valence-corrected chi connectivity index (χ0v) is 15.4. The minimum absolute atomic E-state index is 0.215. The normalized spacial score (nSPS) is 16.5. The van der Waals surface area contributed by atoms with E-state index in [2.05, 4.69) is 5.10 Å². The molecule has 0 aromatic carbocycles. The summed E-state index contributed by atoms with van der Waals surface area (Å²) >= 11 is 7.27. The highest BCUT2D eigenvalue weighted by Gasteiger charge is 2.32. The topological polar surface area (TPSA) is 75.5 Å². The number of aromatic nitrogens is 2. The maximum absolute atomic E-state index is 12.7. The second-order valence-electron chi connectivity index (χ2n) is 5.29.